The summed E-state index contributed by atoms with van der Waals surface area (Å²) in [6, 6.07) is 16.3. The zero-order valence-electron chi connectivity index (χ0n) is 23.9. The highest BCUT2D eigenvalue weighted by Gasteiger charge is 2.35. The van der Waals surface area contributed by atoms with Gasteiger partial charge in [-0.15, -0.1) is 0 Å². The Labute approximate surface area is 265 Å². The van der Waals surface area contributed by atoms with Crippen molar-refractivity contribution in [3.63, 3.8) is 0 Å². The number of anilines is 1. The zero-order chi connectivity index (χ0) is 32.1. The monoisotopic (exact) mass is 669 g/mol. The number of hydrogen-bond donors (Lipinski definition) is 1. The van der Waals surface area contributed by atoms with E-state index in [2.05, 4.69) is 5.32 Å². The Morgan fingerprint density at radius 1 is 0.932 bits per heavy atom. The number of alkyl halides is 3. The topological polar surface area (TPSA) is 86.8 Å². The lowest BCUT2D eigenvalue weighted by atomic mass is 10.0. The lowest BCUT2D eigenvalue weighted by molar-refractivity contribution is -0.140. The van der Waals surface area contributed by atoms with Gasteiger partial charge in [-0.2, -0.15) is 13.2 Å². The van der Waals surface area contributed by atoms with E-state index >= 15 is 0 Å². The van der Waals surface area contributed by atoms with Crippen LogP contribution in [-0.2, 0) is 38.8 Å². The number of benzene rings is 3. The first-order valence-corrected chi connectivity index (χ1v) is 16.6. The summed E-state index contributed by atoms with van der Waals surface area (Å²) in [5, 5.41) is 3.54. The molecule has 3 aromatic rings. The number of nitrogens with zero attached hydrogens (tertiary/aromatic N) is 2. The molecule has 3 aromatic carbocycles. The van der Waals surface area contributed by atoms with E-state index in [9.17, 15) is 31.2 Å². The molecular formula is C31H32Cl2F3N3O4S. The maximum absolute atomic E-state index is 14.1. The molecule has 7 nitrogen and oxygen atoms in total. The van der Waals surface area contributed by atoms with E-state index < -0.39 is 46.2 Å². The first-order valence-electron chi connectivity index (χ1n) is 13.9. The maximum Gasteiger partial charge on any atom is 0.416 e. The van der Waals surface area contributed by atoms with Crippen LogP contribution in [0.2, 0.25) is 10.0 Å². The average molecular weight is 671 g/mol. The van der Waals surface area contributed by atoms with Gasteiger partial charge in [-0.25, -0.2) is 8.42 Å². The van der Waals surface area contributed by atoms with Crippen molar-refractivity contribution in [3.05, 3.63) is 99.5 Å². The Morgan fingerprint density at radius 2 is 1.61 bits per heavy atom. The molecule has 4 rings (SSSR count). The van der Waals surface area contributed by atoms with Gasteiger partial charge in [-0.3, -0.25) is 13.9 Å². The van der Waals surface area contributed by atoms with E-state index in [1.165, 1.54) is 17.0 Å². The molecule has 1 aliphatic rings. The summed E-state index contributed by atoms with van der Waals surface area (Å²) in [6.07, 6.45) is -0.319. The number of rotatable bonds is 11. The van der Waals surface area contributed by atoms with Crippen molar-refractivity contribution in [2.24, 2.45) is 0 Å². The second kappa shape index (κ2) is 14.2. The van der Waals surface area contributed by atoms with Crippen molar-refractivity contribution in [1.82, 2.24) is 10.2 Å². The van der Waals surface area contributed by atoms with E-state index in [1.54, 1.807) is 24.3 Å². The van der Waals surface area contributed by atoms with Crippen molar-refractivity contribution in [3.8, 4) is 0 Å². The van der Waals surface area contributed by atoms with Crippen LogP contribution >= 0.6 is 23.2 Å². The summed E-state index contributed by atoms with van der Waals surface area (Å²) in [7, 11) is -4.24. The molecule has 2 amide bonds. The van der Waals surface area contributed by atoms with Crippen LogP contribution < -0.4 is 9.62 Å². The van der Waals surface area contributed by atoms with Gasteiger partial charge in [0.15, 0.2) is 0 Å². The summed E-state index contributed by atoms with van der Waals surface area (Å²) in [5.74, 6) is -1.21. The minimum Gasteiger partial charge on any atom is -0.352 e. The molecular weight excluding hydrogens is 638 g/mol. The minimum absolute atomic E-state index is 0.0691. The van der Waals surface area contributed by atoms with Crippen molar-refractivity contribution in [1.29, 1.82) is 0 Å². The largest absolute Gasteiger partial charge is 0.416 e. The van der Waals surface area contributed by atoms with E-state index in [4.69, 9.17) is 23.2 Å². The normalized spacial score (nSPS) is 14.7. The molecule has 0 aliphatic heterocycles. The van der Waals surface area contributed by atoms with Gasteiger partial charge in [0.25, 0.3) is 0 Å². The fraction of sp³-hybridized carbons (Fsp3) is 0.355. The number of halogens is 5. The van der Waals surface area contributed by atoms with Gasteiger partial charge in [0, 0.05) is 19.0 Å². The van der Waals surface area contributed by atoms with Gasteiger partial charge in [0.05, 0.1) is 27.6 Å². The molecule has 0 spiro atoms. The first-order chi connectivity index (χ1) is 20.7. The predicted octanol–water partition coefficient (Wildman–Crippen LogP) is 6.48. The second-order valence-corrected chi connectivity index (χ2v) is 13.5. The molecule has 0 radical (unpaired) electrons. The molecule has 0 unspecified atom stereocenters. The Hall–Kier alpha value is -3.28. The van der Waals surface area contributed by atoms with E-state index in [0.29, 0.717) is 15.9 Å². The van der Waals surface area contributed by atoms with Gasteiger partial charge < -0.3 is 10.2 Å². The summed E-state index contributed by atoms with van der Waals surface area (Å²) < 4.78 is 66.8. The second-order valence-electron chi connectivity index (χ2n) is 10.8. The average Bonchev–Trinajstić information content (AvgIpc) is 3.48. The van der Waals surface area contributed by atoms with Crippen LogP contribution in [0.1, 0.15) is 42.4 Å². The number of amides is 2. The number of nitrogens with one attached hydrogen (secondary N) is 1. The van der Waals surface area contributed by atoms with E-state index in [0.717, 1.165) is 49.6 Å². The number of hydrogen-bond acceptors (Lipinski definition) is 4. The van der Waals surface area contributed by atoms with Crippen LogP contribution in [0.4, 0.5) is 18.9 Å². The molecule has 44 heavy (non-hydrogen) atoms. The van der Waals surface area contributed by atoms with E-state index in [1.807, 2.05) is 18.2 Å². The van der Waals surface area contributed by atoms with Crippen molar-refractivity contribution in [2.45, 2.75) is 56.9 Å². The van der Waals surface area contributed by atoms with Crippen LogP contribution in [-0.4, -0.2) is 50.0 Å². The molecule has 1 fully saturated rings. The van der Waals surface area contributed by atoms with Crippen LogP contribution in [0.5, 0.6) is 0 Å². The van der Waals surface area contributed by atoms with Crippen LogP contribution in [0.3, 0.4) is 0 Å². The number of carbonyl (C=O) groups is 2. The summed E-state index contributed by atoms with van der Waals surface area (Å²) in [5.41, 5.74) is -0.129. The SMILES string of the molecule is CS(=O)(=O)N(CC(=O)N(Cc1ccc(Cl)c(Cl)c1)[C@@H](Cc1ccccc1)C(=O)NC1CCCC1)c1cccc(C(F)(F)F)c1. The van der Waals surface area contributed by atoms with Crippen LogP contribution in [0, 0.1) is 0 Å². The van der Waals surface area contributed by atoms with Gasteiger partial charge in [-0.05, 0) is 54.3 Å². The van der Waals surface area contributed by atoms with Crippen molar-refractivity contribution < 1.29 is 31.2 Å². The highest BCUT2D eigenvalue weighted by atomic mass is 35.5. The molecule has 0 heterocycles. The fourth-order valence-corrected chi connectivity index (χ4v) is 6.37. The summed E-state index contributed by atoms with van der Waals surface area (Å²) in [4.78, 5) is 29.3. The van der Waals surface area contributed by atoms with Gasteiger partial charge in [-0.1, -0.05) is 78.5 Å². The molecule has 236 valence electrons. The smallest absolute Gasteiger partial charge is 0.352 e. The van der Waals surface area contributed by atoms with Crippen molar-refractivity contribution >= 4 is 50.7 Å². The van der Waals surface area contributed by atoms with Crippen LogP contribution in [0.15, 0.2) is 72.8 Å². The van der Waals surface area contributed by atoms with Crippen LogP contribution in [0.25, 0.3) is 0 Å². The molecule has 1 N–H and O–H groups in total. The van der Waals surface area contributed by atoms with Gasteiger partial charge >= 0.3 is 6.18 Å². The third-order valence-corrected chi connectivity index (χ3v) is 9.33. The first kappa shape index (κ1) is 33.6. The predicted molar refractivity (Wildman–Crippen MR) is 165 cm³/mol. The number of sulfonamides is 1. The third-order valence-electron chi connectivity index (χ3n) is 7.45. The van der Waals surface area contributed by atoms with Gasteiger partial charge in [0.2, 0.25) is 21.8 Å². The molecule has 0 aromatic heterocycles. The molecule has 1 saturated carbocycles. The fourth-order valence-electron chi connectivity index (χ4n) is 5.21. The molecule has 1 aliphatic carbocycles. The third kappa shape index (κ3) is 8.89. The Kier molecular flexibility index (Phi) is 10.9. The summed E-state index contributed by atoms with van der Waals surface area (Å²) in [6.45, 7) is -0.991. The van der Waals surface area contributed by atoms with Gasteiger partial charge in [0.1, 0.15) is 12.6 Å². The van der Waals surface area contributed by atoms with Crippen molar-refractivity contribution in [2.75, 3.05) is 17.1 Å². The molecule has 1 atom stereocenters. The Balaban J connectivity index is 1.76. The highest BCUT2D eigenvalue weighted by molar-refractivity contribution is 7.92. The molecule has 0 bridgehead atoms. The maximum atomic E-state index is 14.1. The zero-order valence-corrected chi connectivity index (χ0v) is 26.2. The molecule has 0 saturated heterocycles. The highest BCUT2D eigenvalue weighted by Crippen LogP contribution is 2.32. The molecule has 13 heteroatoms. The lowest BCUT2D eigenvalue weighted by Gasteiger charge is -2.34. The lowest BCUT2D eigenvalue weighted by Crippen LogP contribution is -2.54. The standard InChI is InChI=1S/C31H32Cl2F3N3O4S/c1-44(42,43)39(25-13-7-10-23(18-25)31(34,35)36)20-29(40)38(19-22-14-15-26(32)27(33)16-22)28(17-21-8-3-2-4-9-21)30(41)37-24-11-5-6-12-24/h2-4,7-10,13-16,18,24,28H,5-6,11-12,17,19-20H2,1H3,(H,37,41)/t28-/m0/s1. The van der Waals surface area contributed by atoms with E-state index in [-0.39, 0.29) is 34.7 Å². The minimum atomic E-state index is -4.73. The number of carbonyl (C=O) groups excluding carboxylic acids is 2. The summed E-state index contributed by atoms with van der Waals surface area (Å²) >= 11 is 12.3. The quantitative estimate of drug-likeness (QED) is 0.253. The Bertz CT molecular complexity index is 1580. The Morgan fingerprint density at radius 3 is 2.23 bits per heavy atom.